The smallest absolute Gasteiger partial charge is 0.331 e. The van der Waals surface area contributed by atoms with E-state index in [0.29, 0.717) is 11.5 Å². The third kappa shape index (κ3) is 5.58. The van der Waals surface area contributed by atoms with Crippen molar-refractivity contribution in [2.45, 2.75) is 13.0 Å². The molecule has 29 heavy (non-hydrogen) atoms. The van der Waals surface area contributed by atoms with Gasteiger partial charge in [-0.15, -0.1) is 0 Å². The van der Waals surface area contributed by atoms with E-state index in [4.69, 9.17) is 14.2 Å². The van der Waals surface area contributed by atoms with E-state index in [9.17, 15) is 14.4 Å². The minimum absolute atomic E-state index is 0.0113. The molecule has 8 heteroatoms. The Morgan fingerprint density at radius 3 is 2.59 bits per heavy atom. The van der Waals surface area contributed by atoms with E-state index in [-0.39, 0.29) is 6.61 Å². The van der Waals surface area contributed by atoms with Crippen LogP contribution in [0.4, 0.5) is 0 Å². The van der Waals surface area contributed by atoms with E-state index in [2.05, 4.69) is 10.9 Å². The number of para-hydroxylation sites is 2. The van der Waals surface area contributed by atoms with Crippen LogP contribution < -0.4 is 20.3 Å². The van der Waals surface area contributed by atoms with Crippen molar-refractivity contribution < 1.29 is 28.6 Å². The van der Waals surface area contributed by atoms with Crippen LogP contribution in [0.1, 0.15) is 11.1 Å². The Labute approximate surface area is 167 Å². The van der Waals surface area contributed by atoms with Crippen molar-refractivity contribution in [3.05, 3.63) is 65.7 Å². The van der Waals surface area contributed by atoms with Crippen LogP contribution >= 0.6 is 0 Å². The van der Waals surface area contributed by atoms with Gasteiger partial charge in [0.2, 0.25) is 6.10 Å². The monoisotopic (exact) mass is 396 g/mol. The van der Waals surface area contributed by atoms with Crippen molar-refractivity contribution in [2.24, 2.45) is 0 Å². The van der Waals surface area contributed by atoms with Gasteiger partial charge >= 0.3 is 5.97 Å². The highest BCUT2D eigenvalue weighted by Gasteiger charge is 2.27. The number of esters is 1. The van der Waals surface area contributed by atoms with Crippen LogP contribution in [0.5, 0.6) is 11.5 Å². The number of fused-ring (bicyclic) bond motifs is 1. The van der Waals surface area contributed by atoms with Gasteiger partial charge in [-0.2, -0.15) is 0 Å². The van der Waals surface area contributed by atoms with Gasteiger partial charge in [0.15, 0.2) is 18.1 Å². The third-order valence-corrected chi connectivity index (χ3v) is 4.06. The SMILES string of the molecule is Cc1ccccc1/C=C/C(=O)OCC(=O)NNC(=O)[C@H]1COc2ccccc2O1. The largest absolute Gasteiger partial charge is 0.485 e. The average Bonchev–Trinajstić information content (AvgIpc) is 2.75. The molecule has 0 aliphatic carbocycles. The number of aryl methyl sites for hydroxylation is 1. The van der Waals surface area contributed by atoms with Gasteiger partial charge in [-0.25, -0.2) is 4.79 Å². The summed E-state index contributed by atoms with van der Waals surface area (Å²) in [5, 5.41) is 0. The predicted molar refractivity (Wildman–Crippen MR) is 104 cm³/mol. The molecule has 1 aliphatic heterocycles. The zero-order valence-corrected chi connectivity index (χ0v) is 15.7. The maximum absolute atomic E-state index is 12.1. The first-order chi connectivity index (χ1) is 14.0. The summed E-state index contributed by atoms with van der Waals surface area (Å²) in [5.41, 5.74) is 6.27. The number of benzene rings is 2. The lowest BCUT2D eigenvalue weighted by Crippen LogP contribution is -2.51. The summed E-state index contributed by atoms with van der Waals surface area (Å²) in [7, 11) is 0. The molecular formula is C21H20N2O6. The molecule has 150 valence electrons. The molecule has 0 radical (unpaired) electrons. The van der Waals surface area contributed by atoms with Crippen LogP contribution in [0.25, 0.3) is 6.08 Å². The minimum Gasteiger partial charge on any atom is -0.485 e. The molecule has 1 atom stereocenters. The summed E-state index contributed by atoms with van der Waals surface area (Å²) in [6, 6.07) is 14.5. The first-order valence-corrected chi connectivity index (χ1v) is 8.90. The lowest BCUT2D eigenvalue weighted by atomic mass is 10.1. The Kier molecular flexibility index (Phi) is 6.47. The van der Waals surface area contributed by atoms with E-state index < -0.39 is 30.5 Å². The Morgan fingerprint density at radius 2 is 1.79 bits per heavy atom. The summed E-state index contributed by atoms with van der Waals surface area (Å²) in [6.07, 6.45) is 1.93. The van der Waals surface area contributed by atoms with Crippen LogP contribution in [0.15, 0.2) is 54.6 Å². The quantitative estimate of drug-likeness (QED) is 0.452. The second kappa shape index (κ2) is 9.41. The van der Waals surface area contributed by atoms with Gasteiger partial charge in [-0.3, -0.25) is 20.4 Å². The van der Waals surface area contributed by atoms with Gasteiger partial charge in [-0.05, 0) is 36.3 Å². The molecule has 2 amide bonds. The maximum Gasteiger partial charge on any atom is 0.331 e. The van der Waals surface area contributed by atoms with Crippen molar-refractivity contribution in [1.29, 1.82) is 0 Å². The maximum atomic E-state index is 12.1. The van der Waals surface area contributed by atoms with Gasteiger partial charge in [0.05, 0.1) is 0 Å². The number of carbonyl (C=O) groups excluding carboxylic acids is 3. The van der Waals surface area contributed by atoms with Crippen molar-refractivity contribution >= 4 is 23.9 Å². The van der Waals surface area contributed by atoms with Crippen molar-refractivity contribution in [2.75, 3.05) is 13.2 Å². The Balaban J connectivity index is 1.39. The predicted octanol–water partition coefficient (Wildman–Crippen LogP) is 1.54. The lowest BCUT2D eigenvalue weighted by molar-refractivity contribution is -0.145. The number of hydrazine groups is 1. The van der Waals surface area contributed by atoms with Gasteiger partial charge in [0, 0.05) is 6.08 Å². The van der Waals surface area contributed by atoms with Gasteiger partial charge in [0.1, 0.15) is 6.61 Å². The molecule has 2 N–H and O–H groups in total. The number of carbonyl (C=O) groups is 3. The highest BCUT2D eigenvalue weighted by atomic mass is 16.6. The fourth-order valence-electron chi connectivity index (χ4n) is 2.51. The normalized spacial score (nSPS) is 14.9. The molecule has 0 saturated carbocycles. The fourth-order valence-corrected chi connectivity index (χ4v) is 2.51. The van der Waals surface area contributed by atoms with E-state index >= 15 is 0 Å². The van der Waals surface area contributed by atoms with E-state index in [0.717, 1.165) is 11.1 Å². The molecule has 2 aromatic carbocycles. The van der Waals surface area contributed by atoms with Crippen molar-refractivity contribution in [3.63, 3.8) is 0 Å². The van der Waals surface area contributed by atoms with Crippen LogP contribution in [0.2, 0.25) is 0 Å². The number of nitrogens with one attached hydrogen (secondary N) is 2. The molecule has 0 unspecified atom stereocenters. The first-order valence-electron chi connectivity index (χ1n) is 8.90. The summed E-state index contributed by atoms with van der Waals surface area (Å²) < 4.78 is 15.8. The highest BCUT2D eigenvalue weighted by Crippen LogP contribution is 2.30. The van der Waals surface area contributed by atoms with Crippen LogP contribution in [0.3, 0.4) is 0 Å². The van der Waals surface area contributed by atoms with Crippen LogP contribution in [0, 0.1) is 6.92 Å². The molecule has 0 saturated heterocycles. The molecule has 1 aliphatic rings. The van der Waals surface area contributed by atoms with E-state index in [1.165, 1.54) is 6.08 Å². The minimum atomic E-state index is -0.912. The molecule has 0 aromatic heterocycles. The third-order valence-electron chi connectivity index (χ3n) is 4.06. The number of hydrogen-bond donors (Lipinski definition) is 2. The van der Waals surface area contributed by atoms with Gasteiger partial charge < -0.3 is 14.2 Å². The standard InChI is InChI=1S/C21H20N2O6/c1-14-6-2-3-7-15(14)10-11-20(25)28-13-19(24)22-23-21(26)18-12-27-16-8-4-5-9-17(16)29-18/h2-11,18H,12-13H2,1H3,(H,22,24)(H,23,26)/b11-10+/t18-/m1/s1. The molecule has 0 spiro atoms. The zero-order valence-electron chi connectivity index (χ0n) is 15.7. The molecular weight excluding hydrogens is 376 g/mol. The first kappa shape index (κ1) is 19.9. The van der Waals surface area contributed by atoms with Crippen molar-refractivity contribution in [1.82, 2.24) is 10.9 Å². The number of ether oxygens (including phenoxy) is 3. The van der Waals surface area contributed by atoms with Gasteiger partial charge in [0.25, 0.3) is 11.8 Å². The van der Waals surface area contributed by atoms with Crippen LogP contribution in [-0.2, 0) is 19.1 Å². The summed E-state index contributed by atoms with van der Waals surface area (Å²) in [6.45, 7) is 1.39. The highest BCUT2D eigenvalue weighted by molar-refractivity contribution is 5.90. The fraction of sp³-hybridized carbons (Fsp3) is 0.190. The Morgan fingerprint density at radius 1 is 1.07 bits per heavy atom. The topological polar surface area (TPSA) is 103 Å². The second-order valence-electron chi connectivity index (χ2n) is 6.20. The van der Waals surface area contributed by atoms with Crippen molar-refractivity contribution in [3.8, 4) is 11.5 Å². The number of amides is 2. The lowest BCUT2D eigenvalue weighted by Gasteiger charge is -2.25. The molecule has 0 bridgehead atoms. The van der Waals surface area contributed by atoms with Crippen LogP contribution in [-0.4, -0.2) is 37.1 Å². The second-order valence-corrected chi connectivity index (χ2v) is 6.20. The zero-order chi connectivity index (χ0) is 20.6. The summed E-state index contributed by atoms with van der Waals surface area (Å²) in [5.74, 6) is -0.951. The summed E-state index contributed by atoms with van der Waals surface area (Å²) in [4.78, 5) is 35.6. The Bertz CT molecular complexity index is 940. The molecule has 8 nitrogen and oxygen atoms in total. The van der Waals surface area contributed by atoms with E-state index in [1.54, 1.807) is 30.3 Å². The number of rotatable bonds is 5. The van der Waals surface area contributed by atoms with Gasteiger partial charge in [-0.1, -0.05) is 36.4 Å². The average molecular weight is 396 g/mol. The molecule has 0 fully saturated rings. The van der Waals surface area contributed by atoms with E-state index in [1.807, 2.05) is 31.2 Å². The molecule has 1 heterocycles. The summed E-state index contributed by atoms with van der Waals surface area (Å²) >= 11 is 0. The molecule has 2 aromatic rings. The number of hydrogen-bond acceptors (Lipinski definition) is 6. The molecule has 3 rings (SSSR count). The Hall–Kier alpha value is -3.81.